The molecule has 0 aliphatic rings. The fourth-order valence-corrected chi connectivity index (χ4v) is 3.44. The van der Waals surface area contributed by atoms with Crippen LogP contribution in [0, 0.1) is 6.92 Å². The predicted molar refractivity (Wildman–Crippen MR) is 112 cm³/mol. The topological polar surface area (TPSA) is 30.0 Å². The summed E-state index contributed by atoms with van der Waals surface area (Å²) in [7, 11) is 0. The fraction of sp³-hybridized carbons (Fsp3) is 0.280. The van der Waals surface area contributed by atoms with Gasteiger partial charge in [0.05, 0.1) is 0 Å². The summed E-state index contributed by atoms with van der Waals surface area (Å²) in [5.41, 5.74) is 6.85. The van der Waals surface area contributed by atoms with Gasteiger partial charge in [0.1, 0.15) is 5.78 Å². The highest BCUT2D eigenvalue weighted by molar-refractivity contribution is 5.83. The number of nitrogens with zero attached hydrogens (tertiary/aromatic N) is 1. The lowest BCUT2D eigenvalue weighted by molar-refractivity contribution is -0.117. The largest absolute Gasteiger partial charge is 0.299 e. The first kappa shape index (κ1) is 19.0. The van der Waals surface area contributed by atoms with Gasteiger partial charge in [0.2, 0.25) is 0 Å². The molecular formula is C25H27NO. The third-order valence-corrected chi connectivity index (χ3v) is 5.17. The second kappa shape index (κ2) is 8.77. The van der Waals surface area contributed by atoms with E-state index < -0.39 is 0 Å². The number of hydrogen-bond donors (Lipinski definition) is 0. The molecule has 2 nitrogen and oxygen atoms in total. The van der Waals surface area contributed by atoms with E-state index >= 15 is 0 Å². The van der Waals surface area contributed by atoms with Crippen LogP contribution in [0.1, 0.15) is 48.6 Å². The maximum Gasteiger partial charge on any atom is 0.141 e. The van der Waals surface area contributed by atoms with Crippen molar-refractivity contribution in [1.82, 2.24) is 4.98 Å². The van der Waals surface area contributed by atoms with E-state index in [4.69, 9.17) is 0 Å². The maximum atomic E-state index is 12.6. The molecule has 3 aromatic rings. The van der Waals surface area contributed by atoms with E-state index in [0.717, 1.165) is 28.8 Å². The molecule has 0 saturated carbocycles. The number of Topliss-reactive ketones (excluding diaryl/α,β-unsaturated/α-hetero) is 1. The van der Waals surface area contributed by atoms with Crippen molar-refractivity contribution in [1.29, 1.82) is 0 Å². The van der Waals surface area contributed by atoms with Gasteiger partial charge in [0.15, 0.2) is 0 Å². The minimum atomic E-state index is 0.262. The zero-order chi connectivity index (χ0) is 19.2. The molecule has 0 saturated heterocycles. The molecule has 0 radical (unpaired) electrons. The zero-order valence-electron chi connectivity index (χ0n) is 16.4. The van der Waals surface area contributed by atoms with Gasteiger partial charge in [-0.2, -0.15) is 0 Å². The average Bonchev–Trinajstić information content (AvgIpc) is 2.68. The van der Waals surface area contributed by atoms with Crippen LogP contribution in [0.4, 0.5) is 0 Å². The van der Waals surface area contributed by atoms with Gasteiger partial charge in [-0.3, -0.25) is 9.78 Å². The summed E-state index contributed by atoms with van der Waals surface area (Å²) < 4.78 is 0. The molecule has 1 aromatic heterocycles. The summed E-state index contributed by atoms with van der Waals surface area (Å²) in [4.78, 5) is 16.9. The predicted octanol–water partition coefficient (Wildman–Crippen LogP) is 5.92. The van der Waals surface area contributed by atoms with Crippen molar-refractivity contribution in [2.75, 3.05) is 0 Å². The quantitative estimate of drug-likeness (QED) is 0.525. The van der Waals surface area contributed by atoms with Gasteiger partial charge >= 0.3 is 0 Å². The van der Waals surface area contributed by atoms with Crippen molar-refractivity contribution in [2.24, 2.45) is 0 Å². The van der Waals surface area contributed by atoms with E-state index in [0.29, 0.717) is 18.8 Å². The van der Waals surface area contributed by atoms with E-state index in [9.17, 15) is 4.79 Å². The van der Waals surface area contributed by atoms with Crippen LogP contribution < -0.4 is 0 Å². The second-order valence-electron chi connectivity index (χ2n) is 7.28. The van der Waals surface area contributed by atoms with Gasteiger partial charge in [-0.1, -0.05) is 62.4 Å². The van der Waals surface area contributed by atoms with Crippen LogP contribution in [0.5, 0.6) is 0 Å². The van der Waals surface area contributed by atoms with Crippen molar-refractivity contribution >= 4 is 5.78 Å². The molecule has 0 aliphatic heterocycles. The number of rotatable bonds is 7. The minimum Gasteiger partial charge on any atom is -0.299 e. The Kier molecular flexibility index (Phi) is 6.18. The van der Waals surface area contributed by atoms with Crippen molar-refractivity contribution < 1.29 is 4.79 Å². The molecule has 138 valence electrons. The van der Waals surface area contributed by atoms with E-state index in [1.54, 1.807) is 0 Å². The SMILES string of the molecule is CCC(C)c1ccccc1CC(=O)Cc1ccc(-c2ccnc(C)c2)cc1. The van der Waals surface area contributed by atoms with Crippen LogP contribution in [0.2, 0.25) is 0 Å². The van der Waals surface area contributed by atoms with Gasteiger partial charge in [0, 0.05) is 24.7 Å². The molecule has 1 unspecified atom stereocenters. The summed E-state index contributed by atoms with van der Waals surface area (Å²) in [6.07, 6.45) is 3.90. The second-order valence-corrected chi connectivity index (χ2v) is 7.28. The minimum absolute atomic E-state index is 0.262. The number of ketones is 1. The maximum absolute atomic E-state index is 12.6. The first-order valence-corrected chi connectivity index (χ1v) is 9.68. The van der Waals surface area contributed by atoms with Gasteiger partial charge in [-0.25, -0.2) is 0 Å². The van der Waals surface area contributed by atoms with E-state index in [-0.39, 0.29) is 5.78 Å². The lowest BCUT2D eigenvalue weighted by atomic mass is 9.90. The number of benzene rings is 2. The molecule has 27 heavy (non-hydrogen) atoms. The molecule has 0 amide bonds. The first-order chi connectivity index (χ1) is 13.1. The van der Waals surface area contributed by atoms with Gasteiger partial charge in [-0.05, 0) is 59.2 Å². The van der Waals surface area contributed by atoms with Crippen molar-refractivity contribution in [3.05, 3.63) is 89.2 Å². The molecule has 2 heteroatoms. The van der Waals surface area contributed by atoms with Gasteiger partial charge in [-0.15, -0.1) is 0 Å². The third kappa shape index (κ3) is 4.91. The van der Waals surface area contributed by atoms with E-state index in [1.807, 2.05) is 25.3 Å². The van der Waals surface area contributed by atoms with Crippen LogP contribution in [-0.2, 0) is 17.6 Å². The summed E-state index contributed by atoms with van der Waals surface area (Å²) in [5, 5.41) is 0. The lowest BCUT2D eigenvalue weighted by Gasteiger charge is -2.14. The molecule has 0 fully saturated rings. The Hall–Kier alpha value is -2.74. The number of aromatic nitrogens is 1. The molecule has 0 N–H and O–H groups in total. The molecule has 1 atom stereocenters. The summed E-state index contributed by atoms with van der Waals surface area (Å²) >= 11 is 0. The van der Waals surface area contributed by atoms with Crippen LogP contribution in [0.3, 0.4) is 0 Å². The summed E-state index contributed by atoms with van der Waals surface area (Å²) in [5.74, 6) is 0.746. The molecule has 0 bridgehead atoms. The number of hydrogen-bond acceptors (Lipinski definition) is 2. The molecule has 0 spiro atoms. The fourth-order valence-electron chi connectivity index (χ4n) is 3.44. The highest BCUT2D eigenvalue weighted by Crippen LogP contribution is 2.24. The van der Waals surface area contributed by atoms with Crippen molar-refractivity contribution in [2.45, 2.75) is 46.0 Å². The van der Waals surface area contributed by atoms with E-state index in [2.05, 4.69) is 67.4 Å². The number of aryl methyl sites for hydroxylation is 1. The Morgan fingerprint density at radius 2 is 1.70 bits per heavy atom. The standard InChI is InChI=1S/C25H27NO/c1-4-18(2)25-8-6-5-7-23(25)17-24(27)16-20-9-11-21(12-10-20)22-13-14-26-19(3)15-22/h5-15,18H,4,16-17H2,1-3H3. The van der Waals surface area contributed by atoms with Crippen LogP contribution in [0.15, 0.2) is 66.9 Å². The molecule has 0 aliphatic carbocycles. The van der Waals surface area contributed by atoms with Crippen LogP contribution >= 0.6 is 0 Å². The first-order valence-electron chi connectivity index (χ1n) is 9.68. The van der Waals surface area contributed by atoms with Crippen LogP contribution in [-0.4, -0.2) is 10.8 Å². The number of carbonyl (C=O) groups excluding carboxylic acids is 1. The third-order valence-electron chi connectivity index (χ3n) is 5.17. The Morgan fingerprint density at radius 1 is 0.963 bits per heavy atom. The highest BCUT2D eigenvalue weighted by Gasteiger charge is 2.12. The Balaban J connectivity index is 1.68. The Morgan fingerprint density at radius 3 is 2.41 bits per heavy atom. The van der Waals surface area contributed by atoms with Crippen molar-refractivity contribution in [3.63, 3.8) is 0 Å². The summed E-state index contributed by atoms with van der Waals surface area (Å²) in [6.45, 7) is 6.41. The smallest absolute Gasteiger partial charge is 0.141 e. The molecule has 1 heterocycles. The number of carbonyl (C=O) groups is 1. The number of pyridine rings is 1. The normalized spacial score (nSPS) is 12.0. The van der Waals surface area contributed by atoms with Gasteiger partial charge in [0.25, 0.3) is 0 Å². The van der Waals surface area contributed by atoms with Crippen molar-refractivity contribution in [3.8, 4) is 11.1 Å². The van der Waals surface area contributed by atoms with Crippen LogP contribution in [0.25, 0.3) is 11.1 Å². The summed E-state index contributed by atoms with van der Waals surface area (Å²) in [6, 6.07) is 20.7. The lowest BCUT2D eigenvalue weighted by Crippen LogP contribution is -2.09. The average molecular weight is 357 g/mol. The molecule has 2 aromatic carbocycles. The van der Waals surface area contributed by atoms with E-state index in [1.165, 1.54) is 11.1 Å². The Labute approximate surface area is 162 Å². The molecular weight excluding hydrogens is 330 g/mol. The zero-order valence-corrected chi connectivity index (χ0v) is 16.4. The molecule has 3 rings (SSSR count). The van der Waals surface area contributed by atoms with Gasteiger partial charge < -0.3 is 0 Å². The Bertz CT molecular complexity index is 912. The highest BCUT2D eigenvalue weighted by atomic mass is 16.1. The monoisotopic (exact) mass is 357 g/mol.